The highest BCUT2D eigenvalue weighted by Gasteiger charge is 2.32. The summed E-state index contributed by atoms with van der Waals surface area (Å²) in [6.07, 6.45) is 2.18. The maximum Gasteiger partial charge on any atom is 0.309 e. The number of hydrogen-bond acceptors (Lipinski definition) is 8. The fourth-order valence-corrected chi connectivity index (χ4v) is 6.25. The smallest absolute Gasteiger partial charge is 0.309 e. The van der Waals surface area contributed by atoms with Gasteiger partial charge >= 0.3 is 11.9 Å². The van der Waals surface area contributed by atoms with Crippen LogP contribution in [0.5, 0.6) is 23.0 Å². The van der Waals surface area contributed by atoms with Gasteiger partial charge in [0.2, 0.25) is 0 Å². The molecule has 2 fully saturated rings. The van der Waals surface area contributed by atoms with Gasteiger partial charge in [-0.15, -0.1) is 0 Å². The number of cyclic esters (lactones) is 2. The van der Waals surface area contributed by atoms with Crippen molar-refractivity contribution in [3.8, 4) is 23.0 Å². The Labute approximate surface area is 314 Å². The van der Waals surface area contributed by atoms with Crippen LogP contribution >= 0.6 is 15.9 Å². The first-order valence-corrected chi connectivity index (χ1v) is 17.8. The molecule has 2 saturated heterocycles. The van der Waals surface area contributed by atoms with Gasteiger partial charge in [0, 0.05) is 23.6 Å². The van der Waals surface area contributed by atoms with Gasteiger partial charge in [-0.2, -0.15) is 0 Å². The molecule has 13 heteroatoms. The normalized spacial score (nSPS) is 17.9. The maximum absolute atomic E-state index is 13.4. The maximum atomic E-state index is 13.4. The minimum absolute atomic E-state index is 0.00259. The first kappa shape index (κ1) is 41.0. The molecule has 8 nitrogen and oxygen atoms in total. The van der Waals surface area contributed by atoms with Crippen LogP contribution in [0.1, 0.15) is 53.4 Å². The summed E-state index contributed by atoms with van der Waals surface area (Å²) in [6.45, 7) is 0.733. The molecule has 4 aromatic rings. The van der Waals surface area contributed by atoms with E-state index in [1.54, 1.807) is 28.4 Å². The van der Waals surface area contributed by atoms with Crippen LogP contribution in [-0.4, -0.2) is 53.6 Å². The molecule has 0 amide bonds. The van der Waals surface area contributed by atoms with Crippen molar-refractivity contribution < 1.29 is 55.6 Å². The molecule has 2 heterocycles. The molecule has 0 bridgehead atoms. The lowest BCUT2D eigenvalue weighted by Crippen LogP contribution is -2.31. The molecule has 0 aliphatic carbocycles. The van der Waals surface area contributed by atoms with Crippen molar-refractivity contribution in [1.82, 2.24) is 0 Å². The van der Waals surface area contributed by atoms with Gasteiger partial charge in [-0.1, -0.05) is 40.2 Å². The lowest BCUT2D eigenvalue weighted by Gasteiger charge is -2.29. The van der Waals surface area contributed by atoms with Crippen LogP contribution in [0, 0.1) is 29.2 Å². The minimum atomic E-state index is -0.914. The summed E-state index contributed by atoms with van der Waals surface area (Å²) in [7, 11) is 6.36. The van der Waals surface area contributed by atoms with Crippen molar-refractivity contribution in [2.75, 3.05) is 41.7 Å². The van der Waals surface area contributed by atoms with Crippen LogP contribution < -0.4 is 18.9 Å². The highest BCUT2D eigenvalue weighted by molar-refractivity contribution is 9.08. The predicted octanol–water partition coefficient (Wildman–Crippen LogP) is 8.86. The van der Waals surface area contributed by atoms with Gasteiger partial charge in [0.15, 0.2) is 46.3 Å². The van der Waals surface area contributed by atoms with Gasteiger partial charge in [-0.3, -0.25) is 9.59 Å². The largest absolute Gasteiger partial charge is 0.493 e. The summed E-state index contributed by atoms with van der Waals surface area (Å²) < 4.78 is 82.5. The molecule has 2 aliphatic heterocycles. The lowest BCUT2D eigenvalue weighted by molar-refractivity contribution is -0.154. The number of halogens is 5. The van der Waals surface area contributed by atoms with Crippen molar-refractivity contribution in [1.29, 1.82) is 0 Å². The third kappa shape index (κ3) is 11.4. The minimum Gasteiger partial charge on any atom is -0.493 e. The predicted molar refractivity (Wildman–Crippen MR) is 193 cm³/mol. The number of ether oxygens (including phenoxy) is 6. The van der Waals surface area contributed by atoms with Crippen molar-refractivity contribution >= 4 is 27.9 Å². The zero-order valence-corrected chi connectivity index (χ0v) is 31.4. The third-order valence-corrected chi connectivity index (χ3v) is 9.48. The van der Waals surface area contributed by atoms with E-state index in [-0.39, 0.29) is 30.4 Å². The van der Waals surface area contributed by atoms with Gasteiger partial charge in [0.05, 0.1) is 47.6 Å². The van der Waals surface area contributed by atoms with Crippen molar-refractivity contribution in [3.05, 3.63) is 118 Å². The third-order valence-electron chi connectivity index (χ3n) is 8.83. The number of benzene rings is 4. The van der Waals surface area contributed by atoms with Crippen molar-refractivity contribution in [2.24, 2.45) is 5.92 Å². The number of carbonyl (C=O) groups is 2. The molecule has 6 rings (SSSR count). The van der Waals surface area contributed by atoms with Gasteiger partial charge < -0.3 is 28.4 Å². The fraction of sp³-hybridized carbons (Fsp3) is 0.350. The average Bonchev–Trinajstić information content (AvgIpc) is 3.18. The number of esters is 2. The molecule has 4 aromatic carbocycles. The molecule has 3 atom stereocenters. The lowest BCUT2D eigenvalue weighted by atomic mass is 9.84. The average molecular weight is 806 g/mol. The first-order valence-electron chi connectivity index (χ1n) is 16.7. The fourth-order valence-electron chi connectivity index (χ4n) is 5.90. The quantitative estimate of drug-likeness (QED) is 0.0943. The van der Waals surface area contributed by atoms with Crippen LogP contribution in [0.4, 0.5) is 17.6 Å². The molecule has 0 saturated carbocycles. The topological polar surface area (TPSA) is 89.5 Å². The van der Waals surface area contributed by atoms with Gasteiger partial charge in [-0.05, 0) is 90.0 Å². The Hall–Kier alpha value is -4.78. The van der Waals surface area contributed by atoms with E-state index in [0.29, 0.717) is 59.8 Å². The standard InChI is InChI=1S/C20H20F2O4.C13H16O4.C7H5BrF2/c1-24-18-6-4-13(10-19(18)25-2)15-9-14(20(23)26-11-15)7-12-3-5-16(21)17(22)8-12;1-15-11-5-3-9(7-12(11)16-2)10-4-6-13(14)17-8-10;8-4-5-1-2-6(9)7(10)3-5/h3-6,8,10,14-15H,7,9,11H2,1-2H3;3,5,7,10H,4,6,8H2,1-2H3;1-3H,4H2/t14?,15-;10-;/m11./s1. The van der Waals surface area contributed by atoms with Crippen LogP contribution in [0.25, 0.3) is 0 Å². The number of methoxy groups -OCH3 is 4. The van der Waals surface area contributed by atoms with E-state index in [2.05, 4.69) is 15.9 Å². The molecule has 284 valence electrons. The SMILES string of the molecule is COc1ccc([C@@H]2CCC(=O)OC2)cc1OC.COc1ccc([C@H]2COC(=O)C(Cc3ccc(F)c(F)c3)C2)cc1OC.Fc1ccc(CBr)cc1F. The Morgan fingerprint density at radius 3 is 1.62 bits per heavy atom. The zero-order valence-electron chi connectivity index (χ0n) is 29.8. The molecular formula is C40H41BrF4O8. The van der Waals surface area contributed by atoms with E-state index < -0.39 is 29.2 Å². The summed E-state index contributed by atoms with van der Waals surface area (Å²) in [5.41, 5.74) is 3.40. The zero-order chi connectivity index (χ0) is 38.5. The van der Waals surface area contributed by atoms with Gasteiger partial charge in [-0.25, -0.2) is 17.6 Å². The molecule has 1 unspecified atom stereocenters. The highest BCUT2D eigenvalue weighted by Crippen LogP contribution is 2.37. The molecular weight excluding hydrogens is 764 g/mol. The van der Waals surface area contributed by atoms with E-state index in [4.69, 9.17) is 28.4 Å². The second-order valence-electron chi connectivity index (χ2n) is 12.2. The summed E-state index contributed by atoms with van der Waals surface area (Å²) in [5.74, 6) is -1.32. The van der Waals surface area contributed by atoms with Crippen LogP contribution in [0.15, 0.2) is 72.8 Å². The molecule has 0 radical (unpaired) electrons. The molecule has 53 heavy (non-hydrogen) atoms. The Bertz CT molecular complexity index is 1850. The monoisotopic (exact) mass is 804 g/mol. The van der Waals surface area contributed by atoms with Crippen LogP contribution in [-0.2, 0) is 30.8 Å². The Morgan fingerprint density at radius 1 is 0.623 bits per heavy atom. The summed E-state index contributed by atoms with van der Waals surface area (Å²) >= 11 is 3.13. The Morgan fingerprint density at radius 2 is 1.13 bits per heavy atom. The molecule has 0 N–H and O–H groups in total. The Kier molecular flexibility index (Phi) is 15.4. The van der Waals surface area contributed by atoms with E-state index in [1.807, 2.05) is 36.4 Å². The number of rotatable bonds is 9. The molecule has 0 spiro atoms. The van der Waals surface area contributed by atoms with Crippen molar-refractivity contribution in [3.63, 3.8) is 0 Å². The second kappa shape index (κ2) is 19.9. The first-order chi connectivity index (χ1) is 25.5. The van der Waals surface area contributed by atoms with E-state index >= 15 is 0 Å². The summed E-state index contributed by atoms with van der Waals surface area (Å²) in [4.78, 5) is 23.1. The number of carbonyl (C=O) groups excluding carboxylic acids is 2. The molecule has 2 aliphatic rings. The van der Waals surface area contributed by atoms with Crippen LogP contribution in [0.2, 0.25) is 0 Å². The van der Waals surface area contributed by atoms with E-state index in [1.165, 1.54) is 18.2 Å². The Balaban J connectivity index is 0.000000198. The molecule has 0 aromatic heterocycles. The highest BCUT2D eigenvalue weighted by atomic mass is 79.9. The van der Waals surface area contributed by atoms with Crippen molar-refractivity contribution in [2.45, 2.75) is 42.8 Å². The van der Waals surface area contributed by atoms with Gasteiger partial charge in [0.1, 0.15) is 0 Å². The number of alkyl halides is 1. The number of hydrogen-bond donors (Lipinski definition) is 0. The van der Waals surface area contributed by atoms with E-state index in [0.717, 1.165) is 41.3 Å². The van der Waals surface area contributed by atoms with E-state index in [9.17, 15) is 27.2 Å². The van der Waals surface area contributed by atoms with Crippen LogP contribution in [0.3, 0.4) is 0 Å². The summed E-state index contributed by atoms with van der Waals surface area (Å²) in [6, 6.07) is 18.9. The van der Waals surface area contributed by atoms with Gasteiger partial charge in [0.25, 0.3) is 0 Å². The summed E-state index contributed by atoms with van der Waals surface area (Å²) in [5, 5.41) is 0.546. The second-order valence-corrected chi connectivity index (χ2v) is 12.8.